The van der Waals surface area contributed by atoms with E-state index in [1.165, 1.54) is 21.8 Å². The molecule has 2 N–H and O–H groups in total. The highest BCUT2D eigenvalue weighted by Gasteiger charge is 2.17. The molecule has 0 unspecified atom stereocenters. The van der Waals surface area contributed by atoms with Crippen LogP contribution in [0.15, 0.2) is 16.8 Å². The predicted molar refractivity (Wildman–Crippen MR) is 101 cm³/mol. The number of nitrogens with zero attached hydrogens (tertiary/aromatic N) is 2. The fourth-order valence-corrected chi connectivity index (χ4v) is 3.90. The van der Waals surface area contributed by atoms with Crippen LogP contribution in [0.1, 0.15) is 35.0 Å². The first-order valence-electron chi connectivity index (χ1n) is 8.11. The van der Waals surface area contributed by atoms with Gasteiger partial charge in [0.1, 0.15) is 5.01 Å². The summed E-state index contributed by atoms with van der Waals surface area (Å²) in [5, 5.41) is 4.69. The second-order valence-corrected chi connectivity index (χ2v) is 8.12. The average molecular weight is 381 g/mol. The number of rotatable bonds is 7. The molecular formula is C17H24N4O2S2. The van der Waals surface area contributed by atoms with Crippen LogP contribution in [0, 0.1) is 13.8 Å². The van der Waals surface area contributed by atoms with E-state index in [4.69, 9.17) is 0 Å². The van der Waals surface area contributed by atoms with Crippen molar-refractivity contribution >= 4 is 34.5 Å². The van der Waals surface area contributed by atoms with Crippen molar-refractivity contribution < 1.29 is 9.59 Å². The number of aryl methyl sites for hydroxylation is 2. The summed E-state index contributed by atoms with van der Waals surface area (Å²) in [6, 6.07) is 2.31. The van der Waals surface area contributed by atoms with Crippen molar-refractivity contribution in [3.8, 4) is 0 Å². The first-order chi connectivity index (χ1) is 11.8. The van der Waals surface area contributed by atoms with Gasteiger partial charge in [0.25, 0.3) is 5.91 Å². The van der Waals surface area contributed by atoms with Gasteiger partial charge in [-0.3, -0.25) is 25.3 Å². The number of thiophene rings is 1. The first-order valence-corrected chi connectivity index (χ1v) is 9.86. The number of thiazole rings is 1. The molecule has 0 saturated carbocycles. The lowest BCUT2D eigenvalue weighted by Gasteiger charge is -2.25. The highest BCUT2D eigenvalue weighted by molar-refractivity contribution is 7.10. The van der Waals surface area contributed by atoms with Crippen molar-refractivity contribution in [1.82, 2.24) is 20.7 Å². The average Bonchev–Trinajstić information content (AvgIpc) is 3.13. The van der Waals surface area contributed by atoms with Crippen molar-refractivity contribution in [2.24, 2.45) is 0 Å². The third kappa shape index (κ3) is 6.22. The largest absolute Gasteiger partial charge is 0.287 e. The van der Waals surface area contributed by atoms with Crippen LogP contribution in [0.3, 0.4) is 0 Å². The molecule has 0 radical (unpaired) electrons. The molecule has 136 valence electrons. The molecule has 0 bridgehead atoms. The maximum atomic E-state index is 12.2. The van der Waals surface area contributed by atoms with Gasteiger partial charge in [-0.25, -0.2) is 4.98 Å². The maximum Gasteiger partial charge on any atom is 0.252 e. The highest BCUT2D eigenvalue weighted by Crippen LogP contribution is 2.18. The van der Waals surface area contributed by atoms with E-state index in [2.05, 4.69) is 53.0 Å². The molecule has 0 aliphatic carbocycles. The molecule has 0 saturated heterocycles. The molecule has 0 aromatic carbocycles. The standard InChI is InChI=1S/C17H24N4O2S2/c1-11(2)21(8-14-12(3)5-6-24-14)9-16(23)20-19-15(22)7-17-18-13(4)10-25-17/h5-6,10-11H,7-9H2,1-4H3,(H,19,22)(H,20,23). The molecule has 0 aliphatic heterocycles. The lowest BCUT2D eigenvalue weighted by molar-refractivity contribution is -0.129. The minimum absolute atomic E-state index is 0.168. The third-order valence-corrected chi connectivity index (χ3v) is 5.69. The van der Waals surface area contributed by atoms with Gasteiger partial charge in [-0.1, -0.05) is 0 Å². The Hall–Kier alpha value is -1.77. The van der Waals surface area contributed by atoms with Crippen molar-refractivity contribution in [1.29, 1.82) is 0 Å². The zero-order valence-corrected chi connectivity index (χ0v) is 16.6. The molecule has 25 heavy (non-hydrogen) atoms. The van der Waals surface area contributed by atoms with E-state index in [0.29, 0.717) is 0 Å². The normalized spacial score (nSPS) is 11.1. The first kappa shape index (κ1) is 19.6. The molecular weight excluding hydrogens is 356 g/mol. The Bertz CT molecular complexity index is 724. The van der Waals surface area contributed by atoms with Gasteiger partial charge in [0, 0.05) is 28.5 Å². The van der Waals surface area contributed by atoms with E-state index < -0.39 is 0 Å². The van der Waals surface area contributed by atoms with Crippen LogP contribution in [-0.2, 0) is 22.6 Å². The minimum atomic E-state index is -0.270. The van der Waals surface area contributed by atoms with Crippen LogP contribution >= 0.6 is 22.7 Å². The van der Waals surface area contributed by atoms with Crippen LogP contribution < -0.4 is 10.9 Å². The summed E-state index contributed by atoms with van der Waals surface area (Å²) < 4.78 is 0. The molecule has 0 spiro atoms. The molecule has 0 atom stereocenters. The van der Waals surface area contributed by atoms with E-state index in [9.17, 15) is 9.59 Å². The predicted octanol–water partition coefficient (Wildman–Crippen LogP) is 2.42. The number of carbonyl (C=O) groups is 2. The number of carbonyl (C=O) groups excluding carboxylic acids is 2. The second-order valence-electron chi connectivity index (χ2n) is 6.18. The Labute approximate surface area is 156 Å². The molecule has 2 amide bonds. The molecule has 0 fully saturated rings. The van der Waals surface area contributed by atoms with Crippen molar-refractivity contribution in [3.63, 3.8) is 0 Å². The topological polar surface area (TPSA) is 74.3 Å². The molecule has 6 nitrogen and oxygen atoms in total. The summed E-state index contributed by atoms with van der Waals surface area (Å²) in [6.07, 6.45) is 0.168. The van der Waals surface area contributed by atoms with Crippen LogP contribution in [-0.4, -0.2) is 34.3 Å². The number of hydrogen-bond donors (Lipinski definition) is 2. The Balaban J connectivity index is 1.80. The zero-order valence-electron chi connectivity index (χ0n) is 15.0. The molecule has 2 heterocycles. The van der Waals surface area contributed by atoms with E-state index in [-0.39, 0.29) is 30.8 Å². The number of amides is 2. The van der Waals surface area contributed by atoms with Crippen LogP contribution in [0.25, 0.3) is 0 Å². The lowest BCUT2D eigenvalue weighted by Crippen LogP contribution is -2.48. The number of nitrogens with one attached hydrogen (secondary N) is 2. The Morgan fingerprint density at radius 2 is 1.92 bits per heavy atom. The van der Waals surface area contributed by atoms with E-state index in [0.717, 1.165) is 17.2 Å². The van der Waals surface area contributed by atoms with Crippen LogP contribution in [0.2, 0.25) is 0 Å². The maximum absolute atomic E-state index is 12.2. The Morgan fingerprint density at radius 3 is 2.48 bits per heavy atom. The monoisotopic (exact) mass is 380 g/mol. The summed E-state index contributed by atoms with van der Waals surface area (Å²) >= 11 is 3.13. The number of hydrazine groups is 1. The van der Waals surface area contributed by atoms with E-state index >= 15 is 0 Å². The fourth-order valence-electron chi connectivity index (χ4n) is 2.20. The summed E-state index contributed by atoms with van der Waals surface area (Å²) in [6.45, 7) is 9.02. The van der Waals surface area contributed by atoms with Gasteiger partial charge >= 0.3 is 0 Å². The molecule has 8 heteroatoms. The van der Waals surface area contributed by atoms with Crippen molar-refractivity contribution in [2.45, 2.75) is 46.7 Å². The molecule has 0 aliphatic rings. The zero-order chi connectivity index (χ0) is 18.4. The highest BCUT2D eigenvalue weighted by atomic mass is 32.1. The van der Waals surface area contributed by atoms with Gasteiger partial charge in [-0.15, -0.1) is 22.7 Å². The summed E-state index contributed by atoms with van der Waals surface area (Å²) in [5.41, 5.74) is 7.08. The van der Waals surface area contributed by atoms with Gasteiger partial charge < -0.3 is 0 Å². The third-order valence-electron chi connectivity index (χ3n) is 3.71. The SMILES string of the molecule is Cc1csc(CC(=O)NNC(=O)CN(Cc2sccc2C)C(C)C)n1. The molecule has 2 rings (SSSR count). The van der Waals surface area contributed by atoms with Crippen LogP contribution in [0.4, 0.5) is 0 Å². The van der Waals surface area contributed by atoms with Gasteiger partial charge in [-0.2, -0.15) is 0 Å². The van der Waals surface area contributed by atoms with Gasteiger partial charge in [0.2, 0.25) is 5.91 Å². The number of aromatic nitrogens is 1. The van der Waals surface area contributed by atoms with Gasteiger partial charge in [0.05, 0.1) is 13.0 Å². The van der Waals surface area contributed by atoms with Gasteiger partial charge in [0.15, 0.2) is 0 Å². The van der Waals surface area contributed by atoms with Crippen LogP contribution in [0.5, 0.6) is 0 Å². The smallest absolute Gasteiger partial charge is 0.252 e. The second kappa shape index (κ2) is 9.07. The molecule has 2 aromatic heterocycles. The van der Waals surface area contributed by atoms with E-state index in [1.807, 2.05) is 12.3 Å². The Morgan fingerprint density at radius 1 is 1.20 bits per heavy atom. The number of hydrogen-bond acceptors (Lipinski definition) is 6. The molecule has 2 aromatic rings. The van der Waals surface area contributed by atoms with E-state index in [1.54, 1.807) is 11.3 Å². The minimum Gasteiger partial charge on any atom is -0.287 e. The summed E-state index contributed by atoms with van der Waals surface area (Å²) in [5.74, 6) is -0.500. The Kier molecular flexibility index (Phi) is 7.10. The quantitative estimate of drug-likeness (QED) is 0.724. The fraction of sp³-hybridized carbons (Fsp3) is 0.471. The summed E-state index contributed by atoms with van der Waals surface area (Å²) in [4.78, 5) is 31.6. The lowest BCUT2D eigenvalue weighted by atomic mass is 10.2. The summed E-state index contributed by atoms with van der Waals surface area (Å²) in [7, 11) is 0. The van der Waals surface area contributed by atoms with Crippen molar-refractivity contribution in [2.75, 3.05) is 6.54 Å². The van der Waals surface area contributed by atoms with Crippen molar-refractivity contribution in [3.05, 3.63) is 38.0 Å². The van der Waals surface area contributed by atoms with Gasteiger partial charge in [-0.05, 0) is 44.7 Å².